The first kappa shape index (κ1) is 21.7. The Balaban J connectivity index is 1.71. The third-order valence-electron chi connectivity index (χ3n) is 5.39. The maximum Gasteiger partial charge on any atom is 0.267 e. The van der Waals surface area contributed by atoms with E-state index in [1.54, 1.807) is 18.2 Å². The van der Waals surface area contributed by atoms with Crippen LogP contribution in [0.2, 0.25) is 5.02 Å². The van der Waals surface area contributed by atoms with E-state index in [0.717, 1.165) is 19.3 Å². The summed E-state index contributed by atoms with van der Waals surface area (Å²) in [5.41, 5.74) is 4.52. The van der Waals surface area contributed by atoms with Crippen LogP contribution < -0.4 is 15.4 Å². The molecule has 0 saturated carbocycles. The summed E-state index contributed by atoms with van der Waals surface area (Å²) in [6, 6.07) is 13.5. The number of nitrogens with zero attached hydrogens (tertiary/aromatic N) is 1. The van der Waals surface area contributed by atoms with E-state index >= 15 is 0 Å². The van der Waals surface area contributed by atoms with Gasteiger partial charge in [0.05, 0.1) is 18.2 Å². The van der Waals surface area contributed by atoms with Gasteiger partial charge >= 0.3 is 0 Å². The van der Waals surface area contributed by atoms with Crippen molar-refractivity contribution in [2.24, 2.45) is 0 Å². The second-order valence-corrected chi connectivity index (χ2v) is 7.74. The normalized spacial score (nSPS) is 14.3. The number of carbonyl (C=O) groups excluding carboxylic acids is 1. The number of nitriles is 1. The fraction of sp³-hybridized carbons (Fsp3) is 0.333. The molecule has 3 rings (SSSR count). The molecule has 1 atom stereocenters. The first-order valence-corrected chi connectivity index (χ1v) is 10.6. The first-order valence-electron chi connectivity index (χ1n) is 10.2. The lowest BCUT2D eigenvalue weighted by Gasteiger charge is -2.21. The summed E-state index contributed by atoms with van der Waals surface area (Å²) >= 11 is 6.10. The van der Waals surface area contributed by atoms with Crippen molar-refractivity contribution in [2.45, 2.75) is 45.1 Å². The molecule has 1 aliphatic carbocycles. The van der Waals surface area contributed by atoms with E-state index in [9.17, 15) is 10.1 Å². The minimum atomic E-state index is -0.494. The van der Waals surface area contributed by atoms with Crippen molar-refractivity contribution in [3.8, 4) is 11.8 Å². The first-order chi connectivity index (χ1) is 14.5. The summed E-state index contributed by atoms with van der Waals surface area (Å²) in [4.78, 5) is 12.5. The smallest absolute Gasteiger partial charge is 0.267 e. The number of hydrogen-bond donors (Lipinski definition) is 2. The average Bonchev–Trinajstić information content (AvgIpc) is 2.76. The summed E-state index contributed by atoms with van der Waals surface area (Å²) in [6.45, 7) is 2.08. The van der Waals surface area contributed by atoms with Gasteiger partial charge in [-0.25, -0.2) is 0 Å². The van der Waals surface area contributed by atoms with Crippen LogP contribution in [0.25, 0.3) is 0 Å². The molecule has 2 aromatic carbocycles. The van der Waals surface area contributed by atoms with Crippen molar-refractivity contribution in [3.63, 3.8) is 0 Å². The number of halogens is 1. The molecule has 2 N–H and O–H groups in total. The number of hydrogen-bond acceptors (Lipinski definition) is 4. The molecule has 0 saturated heterocycles. The predicted octanol–water partition coefficient (Wildman–Crippen LogP) is 5.31. The van der Waals surface area contributed by atoms with Crippen LogP contribution >= 0.6 is 11.6 Å². The molecule has 1 unspecified atom stereocenters. The number of ether oxygens (including phenoxy) is 1. The summed E-state index contributed by atoms with van der Waals surface area (Å²) in [5.74, 6) is 0.0229. The summed E-state index contributed by atoms with van der Waals surface area (Å²) in [6.07, 6.45) is 7.08. The standard InChI is InChI=1S/C24H26ClN3O2/c1-3-22(18-9-8-16-6-4-5-7-17(16)12-18)27-15-19(14-26)24(29)28-20-10-11-23(30-2)21(25)13-20/h8-13,15,22,27H,3-7H2,1-2H3,(H,28,29)/b19-15-. The van der Waals surface area contributed by atoms with Crippen LogP contribution in [0.5, 0.6) is 5.75 Å². The minimum Gasteiger partial charge on any atom is -0.495 e. The van der Waals surface area contributed by atoms with Gasteiger partial charge in [0.15, 0.2) is 0 Å². The molecule has 5 nitrogen and oxygen atoms in total. The summed E-state index contributed by atoms with van der Waals surface area (Å²) in [7, 11) is 1.52. The van der Waals surface area contributed by atoms with E-state index in [-0.39, 0.29) is 11.6 Å². The van der Waals surface area contributed by atoms with Crippen molar-refractivity contribution in [2.75, 3.05) is 12.4 Å². The average molecular weight is 424 g/mol. The number of carbonyl (C=O) groups is 1. The zero-order valence-electron chi connectivity index (χ0n) is 17.3. The maximum absolute atomic E-state index is 12.5. The number of benzene rings is 2. The highest BCUT2D eigenvalue weighted by molar-refractivity contribution is 6.32. The predicted molar refractivity (Wildman–Crippen MR) is 120 cm³/mol. The lowest BCUT2D eigenvalue weighted by molar-refractivity contribution is -0.112. The summed E-state index contributed by atoms with van der Waals surface area (Å²) in [5, 5.41) is 15.8. The molecule has 0 radical (unpaired) electrons. The Morgan fingerprint density at radius 3 is 2.67 bits per heavy atom. The van der Waals surface area contributed by atoms with Gasteiger partial charge in [0, 0.05) is 11.9 Å². The molecule has 1 aliphatic rings. The number of aryl methyl sites for hydroxylation is 2. The monoisotopic (exact) mass is 423 g/mol. The highest BCUT2D eigenvalue weighted by Gasteiger charge is 2.15. The van der Waals surface area contributed by atoms with Crippen LogP contribution in [-0.4, -0.2) is 13.0 Å². The van der Waals surface area contributed by atoms with E-state index < -0.39 is 5.91 Å². The zero-order chi connectivity index (χ0) is 21.5. The molecular weight excluding hydrogens is 398 g/mol. The Hall–Kier alpha value is -2.97. The Bertz CT molecular complexity index is 994. The number of fused-ring (bicyclic) bond motifs is 1. The molecule has 0 aromatic heterocycles. The van der Waals surface area contributed by atoms with Gasteiger partial charge < -0.3 is 15.4 Å². The van der Waals surface area contributed by atoms with Gasteiger partial charge in [-0.05, 0) is 67.0 Å². The topological polar surface area (TPSA) is 74.2 Å². The Morgan fingerprint density at radius 2 is 2.00 bits per heavy atom. The lowest BCUT2D eigenvalue weighted by atomic mass is 9.89. The Kier molecular flexibility index (Phi) is 7.37. The van der Waals surface area contributed by atoms with Crippen molar-refractivity contribution in [1.29, 1.82) is 5.26 Å². The molecule has 0 heterocycles. The molecule has 156 valence electrons. The van der Waals surface area contributed by atoms with Crippen LogP contribution in [0, 0.1) is 11.3 Å². The van der Waals surface area contributed by atoms with Crippen molar-refractivity contribution in [1.82, 2.24) is 5.32 Å². The summed E-state index contributed by atoms with van der Waals surface area (Å²) < 4.78 is 5.11. The van der Waals surface area contributed by atoms with Gasteiger partial charge in [-0.15, -0.1) is 0 Å². The van der Waals surface area contributed by atoms with Gasteiger partial charge in [0.25, 0.3) is 5.91 Å². The molecule has 0 spiro atoms. The molecule has 0 bridgehead atoms. The van der Waals surface area contributed by atoms with Gasteiger partial charge in [0.1, 0.15) is 17.4 Å². The van der Waals surface area contributed by atoms with Gasteiger partial charge in [-0.3, -0.25) is 4.79 Å². The number of methoxy groups -OCH3 is 1. The second-order valence-electron chi connectivity index (χ2n) is 7.34. The highest BCUT2D eigenvalue weighted by Crippen LogP contribution is 2.28. The van der Waals surface area contributed by atoms with Crippen molar-refractivity contribution < 1.29 is 9.53 Å². The molecule has 1 amide bonds. The van der Waals surface area contributed by atoms with Crippen LogP contribution in [0.1, 0.15) is 48.9 Å². The zero-order valence-corrected chi connectivity index (χ0v) is 18.1. The van der Waals surface area contributed by atoms with Crippen molar-refractivity contribution in [3.05, 3.63) is 69.9 Å². The van der Waals surface area contributed by atoms with E-state index in [0.29, 0.717) is 16.5 Å². The van der Waals surface area contributed by atoms with E-state index in [2.05, 4.69) is 35.8 Å². The van der Waals surface area contributed by atoms with Crippen LogP contribution in [0.3, 0.4) is 0 Å². The maximum atomic E-state index is 12.5. The SMILES string of the molecule is CCC(N/C=C(/C#N)C(=O)Nc1ccc(OC)c(Cl)c1)c1ccc2c(c1)CCCC2. The number of rotatable bonds is 7. The lowest BCUT2D eigenvalue weighted by Crippen LogP contribution is -2.20. The van der Waals surface area contributed by atoms with Crippen LogP contribution in [0.15, 0.2) is 48.2 Å². The van der Waals surface area contributed by atoms with Gasteiger partial charge in [-0.2, -0.15) is 5.26 Å². The van der Waals surface area contributed by atoms with E-state index in [1.807, 2.05) is 6.07 Å². The van der Waals surface area contributed by atoms with Crippen molar-refractivity contribution >= 4 is 23.2 Å². The number of amides is 1. The fourth-order valence-electron chi connectivity index (χ4n) is 3.69. The largest absolute Gasteiger partial charge is 0.495 e. The fourth-order valence-corrected chi connectivity index (χ4v) is 3.95. The van der Waals surface area contributed by atoms with Crippen LogP contribution in [-0.2, 0) is 17.6 Å². The highest BCUT2D eigenvalue weighted by atomic mass is 35.5. The molecule has 0 aliphatic heterocycles. The molecule has 6 heteroatoms. The van der Waals surface area contributed by atoms with Gasteiger partial charge in [0.2, 0.25) is 0 Å². The minimum absolute atomic E-state index is 0.00153. The van der Waals surface area contributed by atoms with E-state index in [4.69, 9.17) is 16.3 Å². The van der Waals surface area contributed by atoms with Gasteiger partial charge in [-0.1, -0.05) is 36.7 Å². The quantitative estimate of drug-likeness (QED) is 0.467. The molecule has 30 heavy (non-hydrogen) atoms. The Morgan fingerprint density at radius 1 is 1.23 bits per heavy atom. The molecular formula is C24H26ClN3O2. The number of anilines is 1. The third kappa shape index (κ3) is 5.14. The molecule has 0 fully saturated rings. The number of nitrogens with one attached hydrogen (secondary N) is 2. The van der Waals surface area contributed by atoms with Crippen LogP contribution in [0.4, 0.5) is 5.69 Å². The van der Waals surface area contributed by atoms with E-state index in [1.165, 1.54) is 42.8 Å². The third-order valence-corrected chi connectivity index (χ3v) is 5.68. The Labute approximate surface area is 182 Å². The molecule has 2 aromatic rings. The second kappa shape index (κ2) is 10.2.